The van der Waals surface area contributed by atoms with Crippen LogP contribution in [0, 0.1) is 0 Å². The van der Waals surface area contributed by atoms with E-state index in [1.807, 2.05) is 54.5 Å². The summed E-state index contributed by atoms with van der Waals surface area (Å²) in [5, 5.41) is 0. The van der Waals surface area contributed by atoms with Gasteiger partial charge in [0.25, 0.3) is 0 Å². The van der Waals surface area contributed by atoms with E-state index in [-0.39, 0.29) is 30.2 Å². The van der Waals surface area contributed by atoms with Gasteiger partial charge in [0.15, 0.2) is 5.78 Å². The summed E-state index contributed by atoms with van der Waals surface area (Å²) in [6.45, 7) is 15.1. The van der Waals surface area contributed by atoms with E-state index >= 15 is 0 Å². The Labute approximate surface area is 277 Å². The summed E-state index contributed by atoms with van der Waals surface area (Å²) in [5.41, 5.74) is -0.234. The second-order valence-electron chi connectivity index (χ2n) is 14.2. The quantitative estimate of drug-likeness (QED) is 0.296. The molecule has 2 aromatic carbocycles. The van der Waals surface area contributed by atoms with Crippen LogP contribution in [0.15, 0.2) is 63.7 Å². The minimum absolute atomic E-state index is 0.119. The summed E-state index contributed by atoms with van der Waals surface area (Å²) in [7, 11) is 0. The van der Waals surface area contributed by atoms with Crippen molar-refractivity contribution < 1.29 is 28.6 Å². The molecule has 13 nitrogen and oxygen atoms in total. The van der Waals surface area contributed by atoms with E-state index in [1.54, 1.807) is 52.3 Å². The predicted molar refractivity (Wildman–Crippen MR) is 176 cm³/mol. The molecule has 3 atom stereocenters. The van der Waals surface area contributed by atoms with Crippen molar-refractivity contribution in [1.82, 2.24) is 23.7 Å². The van der Waals surface area contributed by atoms with Crippen molar-refractivity contribution in [2.24, 2.45) is 0 Å². The molecular weight excluding hydrogens is 618 g/mol. The van der Waals surface area contributed by atoms with Crippen LogP contribution >= 0.6 is 0 Å². The maximum absolute atomic E-state index is 14.0. The van der Waals surface area contributed by atoms with Crippen LogP contribution in [0.25, 0.3) is 5.69 Å². The lowest BCUT2D eigenvalue weighted by Gasteiger charge is -2.43. The Balaban J connectivity index is 1.28. The highest BCUT2D eigenvalue weighted by Gasteiger charge is 2.44. The normalized spacial score (nSPS) is 21.2. The monoisotopic (exact) mass is 659 g/mol. The van der Waals surface area contributed by atoms with Gasteiger partial charge in [0.2, 0.25) is 0 Å². The van der Waals surface area contributed by atoms with Gasteiger partial charge in [-0.15, -0.1) is 0 Å². The molecule has 0 spiro atoms. The minimum atomic E-state index is -0.854. The standard InChI is InChI=1S/C35H41N5O8/c1-20-18-36(32(44)48-34(4,5)6)19-21(2)38(20)33(45)46-25-13-14-26-28(17-25)47-35(7,8)27-15-16-37-30(42)39(31(43)40(37)29(26)27)24-11-9-23(10-12-24)22(3)41/h9-15,17,20-21,29H,16,18-19H2,1-8H3. The van der Waals surface area contributed by atoms with Crippen LogP contribution < -0.4 is 20.9 Å². The molecule has 3 aliphatic heterocycles. The van der Waals surface area contributed by atoms with Crippen LogP contribution in [-0.2, 0) is 11.3 Å². The number of carbonyl (C=O) groups excluding carboxylic acids is 3. The van der Waals surface area contributed by atoms with Gasteiger partial charge < -0.3 is 19.1 Å². The lowest BCUT2D eigenvalue weighted by atomic mass is 9.83. The van der Waals surface area contributed by atoms with Gasteiger partial charge in [0.05, 0.1) is 24.3 Å². The molecule has 48 heavy (non-hydrogen) atoms. The molecule has 0 bridgehead atoms. The first-order valence-corrected chi connectivity index (χ1v) is 16.0. The molecule has 1 saturated heterocycles. The molecule has 4 heterocycles. The smallest absolute Gasteiger partial charge is 0.415 e. The lowest BCUT2D eigenvalue weighted by molar-refractivity contribution is -0.00313. The minimum Gasteiger partial charge on any atom is -0.483 e. The molecule has 0 saturated carbocycles. The number of nitrogens with zero attached hydrogens (tertiary/aromatic N) is 5. The third kappa shape index (κ3) is 5.71. The Morgan fingerprint density at radius 2 is 1.56 bits per heavy atom. The Morgan fingerprint density at radius 3 is 2.17 bits per heavy atom. The molecule has 0 N–H and O–H groups in total. The number of piperazine rings is 1. The van der Waals surface area contributed by atoms with Gasteiger partial charge in [0.1, 0.15) is 28.7 Å². The molecule has 3 unspecified atom stereocenters. The number of benzene rings is 2. The molecule has 1 fully saturated rings. The number of aromatic nitrogens is 3. The fourth-order valence-corrected chi connectivity index (χ4v) is 6.82. The number of carbonyl (C=O) groups is 3. The van der Waals surface area contributed by atoms with Crippen molar-refractivity contribution in [1.29, 1.82) is 0 Å². The SMILES string of the molecule is CC(=O)c1ccc(-n2c(=O)n3n(c2=O)C2C(=CC3)C(C)(C)Oc3cc(OC(=O)N4C(C)CN(C(=O)OC(C)(C)C)CC4C)ccc32)cc1. The second-order valence-corrected chi connectivity index (χ2v) is 14.2. The molecule has 0 aliphatic carbocycles. The fourth-order valence-electron chi connectivity index (χ4n) is 6.82. The highest BCUT2D eigenvalue weighted by molar-refractivity contribution is 5.94. The summed E-state index contributed by atoms with van der Waals surface area (Å²) in [4.78, 5) is 68.7. The van der Waals surface area contributed by atoms with Gasteiger partial charge in [-0.3, -0.25) is 9.69 Å². The molecule has 3 aliphatic rings. The number of ketones is 1. The summed E-state index contributed by atoms with van der Waals surface area (Å²) in [6, 6.07) is 10.0. The number of amides is 2. The zero-order chi connectivity index (χ0) is 34.9. The van der Waals surface area contributed by atoms with Crippen molar-refractivity contribution in [3.8, 4) is 17.2 Å². The highest BCUT2D eigenvalue weighted by Crippen LogP contribution is 2.47. The molecule has 1 aromatic heterocycles. The zero-order valence-electron chi connectivity index (χ0n) is 28.5. The van der Waals surface area contributed by atoms with E-state index in [2.05, 4.69) is 0 Å². The van der Waals surface area contributed by atoms with E-state index < -0.39 is 40.8 Å². The van der Waals surface area contributed by atoms with Crippen LogP contribution in [0.2, 0.25) is 0 Å². The molecule has 0 radical (unpaired) electrons. The molecule has 254 valence electrons. The number of hydrogen-bond acceptors (Lipinski definition) is 8. The third-order valence-electron chi connectivity index (χ3n) is 8.94. The highest BCUT2D eigenvalue weighted by atomic mass is 16.6. The molecule has 13 heteroatoms. The molecule has 6 rings (SSSR count). The number of hydrogen-bond donors (Lipinski definition) is 0. The number of Topliss-reactive ketones (excluding diaryl/α,β-unsaturated/α-hetero) is 1. The second kappa shape index (κ2) is 11.6. The van der Waals surface area contributed by atoms with Crippen molar-refractivity contribution in [2.75, 3.05) is 13.1 Å². The van der Waals surface area contributed by atoms with Crippen molar-refractivity contribution in [3.63, 3.8) is 0 Å². The summed E-state index contributed by atoms with van der Waals surface area (Å²) < 4.78 is 21.7. The molecule has 2 amide bonds. The van der Waals surface area contributed by atoms with Crippen molar-refractivity contribution in [2.45, 2.75) is 91.3 Å². The molecule has 3 aromatic rings. The van der Waals surface area contributed by atoms with E-state index in [9.17, 15) is 24.0 Å². The summed E-state index contributed by atoms with van der Waals surface area (Å²) >= 11 is 0. The first-order valence-electron chi connectivity index (χ1n) is 16.0. The van der Waals surface area contributed by atoms with Crippen LogP contribution in [0.4, 0.5) is 9.59 Å². The Morgan fingerprint density at radius 1 is 0.917 bits per heavy atom. The Bertz CT molecular complexity index is 1950. The van der Waals surface area contributed by atoms with Crippen LogP contribution in [0.3, 0.4) is 0 Å². The lowest BCUT2D eigenvalue weighted by Crippen LogP contribution is -2.60. The topological polar surface area (TPSA) is 134 Å². The third-order valence-corrected chi connectivity index (χ3v) is 8.94. The van der Waals surface area contributed by atoms with E-state index in [4.69, 9.17) is 14.2 Å². The van der Waals surface area contributed by atoms with E-state index in [1.165, 1.54) is 16.3 Å². The van der Waals surface area contributed by atoms with Gasteiger partial charge in [-0.05, 0) is 97.4 Å². The van der Waals surface area contributed by atoms with Crippen LogP contribution in [0.1, 0.15) is 77.4 Å². The predicted octanol–water partition coefficient (Wildman–Crippen LogP) is 4.53. The maximum atomic E-state index is 14.0. The van der Waals surface area contributed by atoms with Crippen LogP contribution in [0.5, 0.6) is 11.5 Å². The Kier molecular flexibility index (Phi) is 7.92. The average Bonchev–Trinajstić information content (AvgIpc) is 3.24. The van der Waals surface area contributed by atoms with Gasteiger partial charge in [-0.2, -0.15) is 0 Å². The number of rotatable bonds is 3. The van der Waals surface area contributed by atoms with Crippen molar-refractivity contribution in [3.05, 3.63) is 86.2 Å². The summed E-state index contributed by atoms with van der Waals surface area (Å²) in [5.74, 6) is 0.542. The van der Waals surface area contributed by atoms with Gasteiger partial charge >= 0.3 is 23.6 Å². The van der Waals surface area contributed by atoms with Crippen LogP contribution in [-0.4, -0.2) is 78.1 Å². The largest absolute Gasteiger partial charge is 0.483 e. The summed E-state index contributed by atoms with van der Waals surface area (Å²) in [6.07, 6.45) is 0.918. The zero-order valence-corrected chi connectivity index (χ0v) is 28.5. The van der Waals surface area contributed by atoms with Gasteiger partial charge in [0, 0.05) is 30.3 Å². The fraction of sp³-hybridized carbons (Fsp3) is 0.457. The number of allylic oxidation sites excluding steroid dienone is 1. The van der Waals surface area contributed by atoms with Crippen molar-refractivity contribution >= 4 is 18.0 Å². The van der Waals surface area contributed by atoms with E-state index in [0.29, 0.717) is 35.7 Å². The van der Waals surface area contributed by atoms with Gasteiger partial charge in [-0.1, -0.05) is 6.08 Å². The first kappa shape index (κ1) is 32.9. The molecular formula is C35H41N5O8. The Hall–Kier alpha value is -5.07. The number of ether oxygens (including phenoxy) is 3. The van der Waals surface area contributed by atoms with E-state index in [0.717, 1.165) is 10.1 Å². The average molecular weight is 660 g/mol. The number of fused-ring (bicyclic) bond motifs is 5. The van der Waals surface area contributed by atoms with Gasteiger partial charge in [-0.25, -0.2) is 33.1 Å². The first-order chi connectivity index (χ1) is 22.5. The maximum Gasteiger partial charge on any atom is 0.415 e.